The number of carbonyl (C=O) groups is 1. The van der Waals surface area contributed by atoms with E-state index in [0.29, 0.717) is 18.0 Å². The van der Waals surface area contributed by atoms with Crippen LogP contribution in [0.2, 0.25) is 0 Å². The predicted molar refractivity (Wildman–Crippen MR) is 98.0 cm³/mol. The number of thiazole rings is 1. The van der Waals surface area contributed by atoms with Gasteiger partial charge in [-0.25, -0.2) is 0 Å². The number of hydrogen-bond acceptors (Lipinski definition) is 6. The molecule has 0 radical (unpaired) electrons. The van der Waals surface area contributed by atoms with Crippen molar-refractivity contribution < 1.29 is 14.3 Å². The van der Waals surface area contributed by atoms with E-state index in [0.717, 1.165) is 48.2 Å². The van der Waals surface area contributed by atoms with Crippen molar-refractivity contribution in [3.63, 3.8) is 0 Å². The Balaban J connectivity index is 1.37. The molecule has 2 aromatic rings. The summed E-state index contributed by atoms with van der Waals surface area (Å²) in [5.74, 6) is 1.56. The van der Waals surface area contributed by atoms with Crippen LogP contribution in [-0.4, -0.2) is 53.2 Å². The van der Waals surface area contributed by atoms with E-state index in [4.69, 9.17) is 9.47 Å². The number of benzene rings is 1. The third-order valence-corrected chi connectivity index (χ3v) is 6.11. The van der Waals surface area contributed by atoms with Crippen LogP contribution in [0.5, 0.6) is 11.5 Å². The van der Waals surface area contributed by atoms with Crippen molar-refractivity contribution >= 4 is 17.2 Å². The van der Waals surface area contributed by atoms with Crippen LogP contribution < -0.4 is 14.3 Å². The minimum atomic E-state index is -0.0905. The summed E-state index contributed by atoms with van der Waals surface area (Å²) >= 11 is 1.03. The van der Waals surface area contributed by atoms with Gasteiger partial charge in [-0.3, -0.25) is 14.5 Å². The molecular weight excluding hydrogens is 354 g/mol. The van der Waals surface area contributed by atoms with Crippen molar-refractivity contribution in [2.24, 2.45) is 7.05 Å². The normalized spacial score (nSPS) is 16.9. The fraction of sp³-hybridized carbons (Fsp3) is 0.444. The summed E-state index contributed by atoms with van der Waals surface area (Å²) in [6, 6.07) is 6.01. The largest absolute Gasteiger partial charge is 0.454 e. The van der Waals surface area contributed by atoms with Crippen LogP contribution in [0, 0.1) is 6.92 Å². The molecule has 1 saturated heterocycles. The Hall–Kier alpha value is -2.32. The molecule has 0 saturated carbocycles. The standard InChI is InChI=1S/C18H21N3O4S/c1-12-16(26-18(23)19(12)2)17(22)21-7-5-20(6-8-21)10-13-3-4-14-15(9-13)25-11-24-14/h3-4,9H,5-8,10-11H2,1-2H3. The number of hydrogen-bond donors (Lipinski definition) is 0. The topological polar surface area (TPSA) is 64.0 Å². The molecule has 2 aliphatic heterocycles. The molecule has 2 aliphatic rings. The van der Waals surface area contributed by atoms with Crippen molar-refractivity contribution in [3.8, 4) is 11.5 Å². The van der Waals surface area contributed by atoms with Gasteiger partial charge in [0.2, 0.25) is 6.79 Å². The SMILES string of the molecule is Cc1c(C(=O)N2CCN(Cc3ccc4c(c3)OCO4)CC2)sc(=O)n1C. The van der Waals surface area contributed by atoms with Crippen LogP contribution in [0.4, 0.5) is 0 Å². The van der Waals surface area contributed by atoms with E-state index in [9.17, 15) is 9.59 Å². The smallest absolute Gasteiger partial charge is 0.307 e. The van der Waals surface area contributed by atoms with Crippen LogP contribution in [0.25, 0.3) is 0 Å². The van der Waals surface area contributed by atoms with Gasteiger partial charge in [-0.05, 0) is 24.6 Å². The maximum atomic E-state index is 12.7. The first-order valence-corrected chi connectivity index (χ1v) is 9.41. The Kier molecular flexibility index (Phi) is 4.46. The zero-order valence-corrected chi connectivity index (χ0v) is 15.7. The molecule has 1 aromatic carbocycles. The summed E-state index contributed by atoms with van der Waals surface area (Å²) in [4.78, 5) is 29.1. The average Bonchev–Trinajstić information content (AvgIpc) is 3.21. The summed E-state index contributed by atoms with van der Waals surface area (Å²) in [7, 11) is 1.70. The quantitative estimate of drug-likeness (QED) is 0.812. The lowest BCUT2D eigenvalue weighted by molar-refractivity contribution is 0.0632. The Morgan fingerprint density at radius 3 is 2.58 bits per heavy atom. The number of nitrogens with zero attached hydrogens (tertiary/aromatic N) is 3. The molecule has 0 spiro atoms. The van der Waals surface area contributed by atoms with Crippen LogP contribution in [0.1, 0.15) is 20.9 Å². The van der Waals surface area contributed by atoms with Crippen molar-refractivity contribution in [2.45, 2.75) is 13.5 Å². The first kappa shape index (κ1) is 17.1. The Morgan fingerprint density at radius 1 is 1.15 bits per heavy atom. The van der Waals surface area contributed by atoms with Gasteiger partial charge in [0.1, 0.15) is 4.88 Å². The van der Waals surface area contributed by atoms with Crippen molar-refractivity contribution in [2.75, 3.05) is 33.0 Å². The maximum Gasteiger partial charge on any atom is 0.307 e. The fourth-order valence-corrected chi connectivity index (χ4v) is 4.22. The molecule has 0 bridgehead atoms. The highest BCUT2D eigenvalue weighted by Gasteiger charge is 2.26. The monoisotopic (exact) mass is 375 g/mol. The van der Waals surface area contributed by atoms with Gasteiger partial charge < -0.3 is 18.9 Å². The lowest BCUT2D eigenvalue weighted by Crippen LogP contribution is -2.48. The van der Waals surface area contributed by atoms with Gasteiger partial charge >= 0.3 is 4.87 Å². The number of fused-ring (bicyclic) bond motifs is 1. The summed E-state index contributed by atoms with van der Waals surface area (Å²) in [5, 5.41) is 0. The van der Waals surface area contributed by atoms with E-state index in [1.165, 1.54) is 10.1 Å². The Bertz CT molecular complexity index is 896. The maximum absolute atomic E-state index is 12.7. The highest BCUT2D eigenvalue weighted by Crippen LogP contribution is 2.32. The summed E-state index contributed by atoms with van der Waals surface area (Å²) in [6.07, 6.45) is 0. The molecule has 3 heterocycles. The molecular formula is C18H21N3O4S. The average molecular weight is 375 g/mol. The lowest BCUT2D eigenvalue weighted by Gasteiger charge is -2.34. The number of aromatic nitrogens is 1. The van der Waals surface area contributed by atoms with E-state index in [1.807, 2.05) is 24.0 Å². The van der Waals surface area contributed by atoms with Crippen LogP contribution >= 0.6 is 11.3 Å². The third-order valence-electron chi connectivity index (χ3n) is 4.99. The zero-order valence-electron chi connectivity index (χ0n) is 14.9. The van der Waals surface area contributed by atoms with E-state index >= 15 is 0 Å². The Labute approximate surface area is 155 Å². The number of carbonyl (C=O) groups excluding carboxylic acids is 1. The van der Waals surface area contributed by atoms with Gasteiger partial charge in [0.05, 0.1) is 0 Å². The zero-order chi connectivity index (χ0) is 18.3. The molecule has 0 N–H and O–H groups in total. The number of piperazine rings is 1. The highest BCUT2D eigenvalue weighted by molar-refractivity contribution is 7.11. The summed E-state index contributed by atoms with van der Waals surface area (Å²) in [5.41, 5.74) is 1.92. The van der Waals surface area contributed by atoms with E-state index < -0.39 is 0 Å². The number of ether oxygens (including phenoxy) is 2. The predicted octanol–water partition coefficient (Wildman–Crippen LogP) is 1.44. The molecule has 7 nitrogen and oxygen atoms in total. The first-order chi connectivity index (χ1) is 12.5. The molecule has 138 valence electrons. The molecule has 4 rings (SSSR count). The van der Waals surface area contributed by atoms with E-state index in [-0.39, 0.29) is 17.6 Å². The molecule has 26 heavy (non-hydrogen) atoms. The van der Waals surface area contributed by atoms with Gasteiger partial charge in [0.25, 0.3) is 5.91 Å². The minimum Gasteiger partial charge on any atom is -0.454 e. The van der Waals surface area contributed by atoms with Crippen LogP contribution in [0.15, 0.2) is 23.0 Å². The van der Waals surface area contributed by atoms with E-state index in [2.05, 4.69) is 11.0 Å². The van der Waals surface area contributed by atoms with Gasteiger partial charge in [-0.2, -0.15) is 0 Å². The van der Waals surface area contributed by atoms with Gasteiger partial charge in [0.15, 0.2) is 11.5 Å². The highest BCUT2D eigenvalue weighted by atomic mass is 32.1. The van der Waals surface area contributed by atoms with E-state index in [1.54, 1.807) is 7.05 Å². The first-order valence-electron chi connectivity index (χ1n) is 8.59. The van der Waals surface area contributed by atoms with Crippen molar-refractivity contribution in [1.29, 1.82) is 0 Å². The molecule has 1 fully saturated rings. The van der Waals surface area contributed by atoms with Gasteiger partial charge in [-0.1, -0.05) is 17.4 Å². The lowest BCUT2D eigenvalue weighted by atomic mass is 10.1. The second-order valence-electron chi connectivity index (χ2n) is 6.60. The van der Waals surface area contributed by atoms with Crippen LogP contribution in [-0.2, 0) is 13.6 Å². The second kappa shape index (κ2) is 6.77. The molecule has 1 amide bonds. The van der Waals surface area contributed by atoms with Crippen LogP contribution in [0.3, 0.4) is 0 Å². The second-order valence-corrected chi connectivity index (χ2v) is 7.56. The molecule has 0 aliphatic carbocycles. The number of amides is 1. The fourth-order valence-electron chi connectivity index (χ4n) is 3.27. The number of rotatable bonds is 3. The van der Waals surface area contributed by atoms with Crippen molar-refractivity contribution in [3.05, 3.63) is 44.0 Å². The molecule has 1 aromatic heterocycles. The molecule has 0 atom stereocenters. The third kappa shape index (κ3) is 3.10. The van der Waals surface area contributed by atoms with Gasteiger partial charge in [-0.15, -0.1) is 0 Å². The molecule has 8 heteroatoms. The van der Waals surface area contributed by atoms with Gasteiger partial charge in [0, 0.05) is 45.5 Å². The summed E-state index contributed by atoms with van der Waals surface area (Å²) < 4.78 is 12.3. The van der Waals surface area contributed by atoms with Crippen molar-refractivity contribution in [1.82, 2.24) is 14.4 Å². The Morgan fingerprint density at radius 2 is 1.88 bits per heavy atom. The minimum absolute atomic E-state index is 0.0343. The molecule has 0 unspecified atom stereocenters. The summed E-state index contributed by atoms with van der Waals surface area (Å²) in [6.45, 7) is 5.86.